The molecule has 2 aromatic heterocycles. The summed E-state index contributed by atoms with van der Waals surface area (Å²) in [6.07, 6.45) is 0. The second-order valence-corrected chi connectivity index (χ2v) is 7.99. The van der Waals surface area contributed by atoms with Crippen LogP contribution in [0.5, 0.6) is 0 Å². The van der Waals surface area contributed by atoms with E-state index >= 15 is 0 Å². The summed E-state index contributed by atoms with van der Waals surface area (Å²) in [4.78, 5) is 31.0. The van der Waals surface area contributed by atoms with Crippen molar-refractivity contribution in [3.8, 4) is 22.8 Å². The Morgan fingerprint density at radius 1 is 1.03 bits per heavy atom. The first kappa shape index (κ1) is 18.9. The summed E-state index contributed by atoms with van der Waals surface area (Å²) in [6.45, 7) is 8.72. The van der Waals surface area contributed by atoms with Crippen LogP contribution in [-0.4, -0.2) is 19.7 Å². The third-order valence-corrected chi connectivity index (χ3v) is 4.97. The van der Waals surface area contributed by atoms with Crippen LogP contribution in [0.25, 0.3) is 33.9 Å². The van der Waals surface area contributed by atoms with Crippen molar-refractivity contribution < 1.29 is 4.52 Å². The molecule has 0 unspecified atom stereocenters. The Kier molecular flexibility index (Phi) is 4.45. The minimum absolute atomic E-state index is 0.0693. The van der Waals surface area contributed by atoms with E-state index in [1.807, 2.05) is 25.1 Å². The zero-order valence-electron chi connectivity index (χ0n) is 16.8. The first-order chi connectivity index (χ1) is 13.8. The van der Waals surface area contributed by atoms with E-state index < -0.39 is 11.1 Å². The van der Waals surface area contributed by atoms with E-state index in [0.29, 0.717) is 34.9 Å². The van der Waals surface area contributed by atoms with E-state index in [0.717, 1.165) is 5.56 Å². The lowest BCUT2D eigenvalue weighted by molar-refractivity contribution is 0.432. The first-order valence-corrected chi connectivity index (χ1v) is 9.50. The molecule has 0 aliphatic heterocycles. The molecule has 0 amide bonds. The standard InChI is InChI=1S/C22H22N4O3/c1-5-26-17-11-8-14(12-16(17)23-19(27)21(26)28)18-24-20(29-25-18)13-6-9-15(10-7-13)22(2,3)4/h6-12H,5H2,1-4H3,(H,23,27). The van der Waals surface area contributed by atoms with Gasteiger partial charge in [0.05, 0.1) is 11.0 Å². The first-order valence-electron chi connectivity index (χ1n) is 9.50. The van der Waals surface area contributed by atoms with Gasteiger partial charge in [0.2, 0.25) is 5.82 Å². The molecule has 4 aromatic rings. The van der Waals surface area contributed by atoms with Crippen LogP contribution in [0.4, 0.5) is 0 Å². The summed E-state index contributed by atoms with van der Waals surface area (Å²) in [7, 11) is 0. The highest BCUT2D eigenvalue weighted by Gasteiger charge is 2.16. The number of fused-ring (bicyclic) bond motifs is 1. The fraction of sp³-hybridized carbons (Fsp3) is 0.273. The van der Waals surface area contributed by atoms with Crippen molar-refractivity contribution in [2.45, 2.75) is 39.7 Å². The van der Waals surface area contributed by atoms with Gasteiger partial charge >= 0.3 is 11.1 Å². The van der Waals surface area contributed by atoms with Crippen molar-refractivity contribution in [1.82, 2.24) is 19.7 Å². The molecule has 2 heterocycles. The highest BCUT2D eigenvalue weighted by molar-refractivity contribution is 5.80. The fourth-order valence-corrected chi connectivity index (χ4v) is 3.30. The third-order valence-electron chi connectivity index (χ3n) is 4.97. The average molecular weight is 390 g/mol. The van der Waals surface area contributed by atoms with E-state index in [-0.39, 0.29) is 5.41 Å². The number of aromatic amines is 1. The van der Waals surface area contributed by atoms with Crippen molar-refractivity contribution in [2.24, 2.45) is 0 Å². The molecule has 0 saturated carbocycles. The average Bonchev–Trinajstić information content (AvgIpc) is 3.18. The number of hydrogen-bond donors (Lipinski definition) is 1. The predicted molar refractivity (Wildman–Crippen MR) is 112 cm³/mol. The molecule has 0 aliphatic carbocycles. The number of nitrogens with one attached hydrogen (secondary N) is 1. The summed E-state index contributed by atoms with van der Waals surface area (Å²) in [5.41, 5.74) is 2.82. The Morgan fingerprint density at radius 2 is 1.72 bits per heavy atom. The summed E-state index contributed by atoms with van der Waals surface area (Å²) in [5.74, 6) is 0.837. The van der Waals surface area contributed by atoms with E-state index in [4.69, 9.17) is 4.52 Å². The second kappa shape index (κ2) is 6.84. The zero-order valence-corrected chi connectivity index (χ0v) is 16.8. The van der Waals surface area contributed by atoms with Crippen molar-refractivity contribution in [1.29, 1.82) is 0 Å². The van der Waals surface area contributed by atoms with Crippen molar-refractivity contribution in [2.75, 3.05) is 0 Å². The van der Waals surface area contributed by atoms with Crippen molar-refractivity contribution in [3.05, 3.63) is 68.7 Å². The Bertz CT molecular complexity index is 1310. The minimum Gasteiger partial charge on any atom is -0.334 e. The number of nitrogens with zero attached hydrogens (tertiary/aromatic N) is 3. The molecule has 0 bridgehead atoms. The molecule has 0 fully saturated rings. The van der Waals surface area contributed by atoms with Crippen LogP contribution in [0.15, 0.2) is 56.6 Å². The van der Waals surface area contributed by atoms with E-state index in [2.05, 4.69) is 48.0 Å². The van der Waals surface area contributed by atoms with Gasteiger partial charge < -0.3 is 14.1 Å². The van der Waals surface area contributed by atoms with Crippen molar-refractivity contribution in [3.63, 3.8) is 0 Å². The third kappa shape index (κ3) is 3.40. The Balaban J connectivity index is 1.73. The SMILES string of the molecule is CCn1c(=O)c(=O)[nH]c2cc(-c3noc(-c4ccc(C(C)(C)C)cc4)n3)ccc21. The number of H-pyrrole nitrogens is 1. The van der Waals surface area contributed by atoms with Gasteiger partial charge in [0.15, 0.2) is 0 Å². The normalized spacial score (nSPS) is 11.9. The molecule has 1 N–H and O–H groups in total. The largest absolute Gasteiger partial charge is 0.334 e. The maximum Gasteiger partial charge on any atom is 0.316 e. The quantitative estimate of drug-likeness (QED) is 0.538. The molecule has 0 saturated heterocycles. The molecule has 7 heteroatoms. The van der Waals surface area contributed by atoms with Crippen molar-refractivity contribution >= 4 is 11.0 Å². The number of aryl methyl sites for hydroxylation is 1. The Hall–Kier alpha value is -3.48. The van der Waals surface area contributed by atoms with Gasteiger partial charge in [-0.2, -0.15) is 4.98 Å². The van der Waals surface area contributed by atoms with Gasteiger partial charge in [0.25, 0.3) is 5.89 Å². The van der Waals surface area contributed by atoms with E-state index in [9.17, 15) is 9.59 Å². The van der Waals surface area contributed by atoms with Gasteiger partial charge in [-0.25, -0.2) is 0 Å². The molecule has 29 heavy (non-hydrogen) atoms. The van der Waals surface area contributed by atoms with Crippen LogP contribution in [0.1, 0.15) is 33.3 Å². The van der Waals surface area contributed by atoms with Gasteiger partial charge in [-0.05, 0) is 48.2 Å². The fourth-order valence-electron chi connectivity index (χ4n) is 3.30. The molecule has 7 nitrogen and oxygen atoms in total. The van der Waals surface area contributed by atoms with Gasteiger partial charge in [-0.15, -0.1) is 0 Å². The predicted octanol–water partition coefficient (Wildman–Crippen LogP) is 3.72. The Morgan fingerprint density at radius 3 is 2.38 bits per heavy atom. The van der Waals surface area contributed by atoms with E-state index in [1.165, 1.54) is 10.1 Å². The Labute approximate surface area is 167 Å². The summed E-state index contributed by atoms with van der Waals surface area (Å²) >= 11 is 0. The lowest BCUT2D eigenvalue weighted by atomic mass is 9.87. The lowest BCUT2D eigenvalue weighted by Gasteiger charge is -2.18. The molecule has 148 valence electrons. The van der Waals surface area contributed by atoms with Gasteiger partial charge in [-0.1, -0.05) is 38.1 Å². The van der Waals surface area contributed by atoms with Gasteiger partial charge in [0.1, 0.15) is 0 Å². The molecular weight excluding hydrogens is 368 g/mol. The molecule has 0 radical (unpaired) electrons. The summed E-state index contributed by atoms with van der Waals surface area (Å²) < 4.78 is 6.88. The van der Waals surface area contributed by atoms with Gasteiger partial charge in [0, 0.05) is 17.7 Å². The topological polar surface area (TPSA) is 93.8 Å². The maximum absolute atomic E-state index is 12.0. The maximum atomic E-state index is 12.0. The van der Waals surface area contributed by atoms with Crippen LogP contribution in [0.3, 0.4) is 0 Å². The monoisotopic (exact) mass is 390 g/mol. The number of rotatable bonds is 3. The van der Waals surface area contributed by atoms with Crippen LogP contribution in [0.2, 0.25) is 0 Å². The zero-order chi connectivity index (χ0) is 20.8. The molecular formula is C22H22N4O3. The van der Waals surface area contributed by atoms with Crippen LogP contribution in [-0.2, 0) is 12.0 Å². The second-order valence-electron chi connectivity index (χ2n) is 7.99. The highest BCUT2D eigenvalue weighted by atomic mass is 16.5. The van der Waals surface area contributed by atoms with Gasteiger partial charge in [-0.3, -0.25) is 9.59 Å². The van der Waals surface area contributed by atoms with E-state index in [1.54, 1.807) is 12.1 Å². The lowest BCUT2D eigenvalue weighted by Crippen LogP contribution is -2.35. The molecule has 4 rings (SSSR count). The smallest absolute Gasteiger partial charge is 0.316 e. The minimum atomic E-state index is -0.649. The molecule has 2 aromatic carbocycles. The molecule has 0 atom stereocenters. The highest BCUT2D eigenvalue weighted by Crippen LogP contribution is 2.27. The summed E-state index contributed by atoms with van der Waals surface area (Å²) in [6, 6.07) is 13.4. The number of aromatic nitrogens is 4. The van der Waals surface area contributed by atoms with Crippen LogP contribution >= 0.6 is 0 Å². The number of hydrogen-bond acceptors (Lipinski definition) is 5. The number of benzene rings is 2. The molecule has 0 aliphatic rings. The van der Waals surface area contributed by atoms with Crippen LogP contribution < -0.4 is 11.1 Å². The molecule has 0 spiro atoms. The van der Waals surface area contributed by atoms with Crippen LogP contribution in [0, 0.1) is 0 Å². The summed E-state index contributed by atoms with van der Waals surface area (Å²) in [5, 5.41) is 4.08.